The Balaban J connectivity index is 1.34. The molecule has 4 nitrogen and oxygen atoms in total. The molecule has 142 valence electrons. The summed E-state index contributed by atoms with van der Waals surface area (Å²) in [5, 5.41) is 2.09. The van der Waals surface area contributed by atoms with E-state index in [4.69, 9.17) is 9.47 Å². The first-order valence-electron chi connectivity index (χ1n) is 9.58. The van der Waals surface area contributed by atoms with E-state index in [2.05, 4.69) is 41.8 Å². The number of hydrogen-bond acceptors (Lipinski definition) is 4. The number of ether oxygens (including phenoxy) is 2. The van der Waals surface area contributed by atoms with Gasteiger partial charge in [0.15, 0.2) is 0 Å². The maximum absolute atomic E-state index is 12.5. The number of carbonyl (C=O) groups excluding carboxylic acids is 1. The fourth-order valence-corrected chi connectivity index (χ4v) is 5.01. The van der Waals surface area contributed by atoms with Gasteiger partial charge in [0.1, 0.15) is 11.9 Å². The number of rotatable bonds is 2. The second-order valence-electron chi connectivity index (χ2n) is 7.26. The van der Waals surface area contributed by atoms with Gasteiger partial charge in [-0.05, 0) is 47.5 Å². The summed E-state index contributed by atoms with van der Waals surface area (Å²) in [6.45, 7) is 1.24. The molecule has 5 rings (SSSR count). The number of hydrogen-bond donors (Lipinski definition) is 0. The summed E-state index contributed by atoms with van der Waals surface area (Å²) in [5.41, 5.74) is 2.20. The molecule has 1 amide bonds. The quantitative estimate of drug-likeness (QED) is 0.590. The predicted molar refractivity (Wildman–Crippen MR) is 109 cm³/mol. The zero-order valence-electron chi connectivity index (χ0n) is 15.4. The van der Waals surface area contributed by atoms with Crippen LogP contribution >= 0.6 is 11.3 Å². The molecule has 3 heterocycles. The number of carbonyl (C=O) groups is 1. The van der Waals surface area contributed by atoms with E-state index in [-0.39, 0.29) is 17.8 Å². The predicted octanol–water partition coefficient (Wildman–Crippen LogP) is 5.36. The standard InChI is InChI=1S/C23H21NO3S/c25-22(26-17-7-2-1-3-8-17)24-14-12-23(13-15-24)19-10-5-4-9-18(19)21(27-23)20-11-6-16-28-20/h1-11,16,21H,12-15H2. The van der Waals surface area contributed by atoms with Crippen molar-refractivity contribution in [2.75, 3.05) is 13.1 Å². The first-order valence-corrected chi connectivity index (χ1v) is 10.5. The lowest BCUT2D eigenvalue weighted by atomic mass is 9.83. The minimum Gasteiger partial charge on any atom is -0.410 e. The molecule has 0 radical (unpaired) electrons. The van der Waals surface area contributed by atoms with Crippen molar-refractivity contribution < 1.29 is 14.3 Å². The lowest BCUT2D eigenvalue weighted by molar-refractivity contribution is -0.0921. The fraction of sp³-hybridized carbons (Fsp3) is 0.261. The molecule has 0 aliphatic carbocycles. The molecule has 1 saturated heterocycles. The van der Waals surface area contributed by atoms with Crippen molar-refractivity contribution in [1.29, 1.82) is 0 Å². The molecule has 0 bridgehead atoms. The van der Waals surface area contributed by atoms with Crippen molar-refractivity contribution in [3.63, 3.8) is 0 Å². The molecule has 1 spiro atoms. The number of thiophene rings is 1. The average molecular weight is 391 g/mol. The zero-order valence-corrected chi connectivity index (χ0v) is 16.2. The number of likely N-dealkylation sites (tertiary alicyclic amines) is 1. The number of benzene rings is 2. The third-order valence-electron chi connectivity index (χ3n) is 5.66. The Morgan fingerprint density at radius 3 is 2.50 bits per heavy atom. The molecule has 2 aromatic carbocycles. The van der Waals surface area contributed by atoms with E-state index < -0.39 is 0 Å². The smallest absolute Gasteiger partial charge is 0.410 e. The molecule has 1 fully saturated rings. The Morgan fingerprint density at radius 2 is 1.75 bits per heavy atom. The summed E-state index contributed by atoms with van der Waals surface area (Å²) < 4.78 is 12.2. The van der Waals surface area contributed by atoms with Gasteiger partial charge >= 0.3 is 6.09 Å². The van der Waals surface area contributed by atoms with Gasteiger partial charge in [-0.25, -0.2) is 4.79 Å². The molecule has 5 heteroatoms. The van der Waals surface area contributed by atoms with Crippen molar-refractivity contribution in [2.45, 2.75) is 24.5 Å². The van der Waals surface area contributed by atoms with Crippen molar-refractivity contribution in [1.82, 2.24) is 4.90 Å². The Kier molecular flexibility index (Phi) is 4.41. The molecule has 2 aliphatic heterocycles. The second kappa shape index (κ2) is 7.08. The summed E-state index contributed by atoms with van der Waals surface area (Å²) in [7, 11) is 0. The highest BCUT2D eigenvalue weighted by molar-refractivity contribution is 7.10. The SMILES string of the molecule is O=C(Oc1ccccc1)N1CCC2(CC1)OC(c1cccs1)c1ccccc12. The van der Waals surface area contributed by atoms with Gasteiger partial charge in [-0.15, -0.1) is 11.3 Å². The number of nitrogens with zero attached hydrogens (tertiary/aromatic N) is 1. The lowest BCUT2D eigenvalue weighted by Crippen LogP contribution is -2.46. The van der Waals surface area contributed by atoms with Gasteiger partial charge in [-0.2, -0.15) is 0 Å². The summed E-state index contributed by atoms with van der Waals surface area (Å²) in [6, 6.07) is 21.9. The van der Waals surface area contributed by atoms with Crippen LogP contribution in [0.4, 0.5) is 4.79 Å². The van der Waals surface area contributed by atoms with E-state index >= 15 is 0 Å². The highest BCUT2D eigenvalue weighted by Gasteiger charge is 2.47. The van der Waals surface area contributed by atoms with E-state index in [9.17, 15) is 4.79 Å². The van der Waals surface area contributed by atoms with E-state index in [1.54, 1.807) is 28.4 Å². The van der Waals surface area contributed by atoms with Crippen LogP contribution in [0.3, 0.4) is 0 Å². The molecule has 0 saturated carbocycles. The third kappa shape index (κ3) is 3.01. The Bertz CT molecular complexity index is 963. The molecular formula is C23H21NO3S. The Hall–Kier alpha value is -2.63. The van der Waals surface area contributed by atoms with Gasteiger partial charge in [0, 0.05) is 18.0 Å². The lowest BCUT2D eigenvalue weighted by Gasteiger charge is -2.39. The van der Waals surface area contributed by atoms with Gasteiger partial charge in [0.25, 0.3) is 0 Å². The molecule has 0 N–H and O–H groups in total. The van der Waals surface area contributed by atoms with Crippen LogP contribution in [0.1, 0.15) is 34.9 Å². The minimum absolute atomic E-state index is 0.0148. The molecule has 1 atom stereocenters. The Morgan fingerprint density at radius 1 is 1.00 bits per heavy atom. The highest BCUT2D eigenvalue weighted by Crippen LogP contribution is 2.52. The number of amides is 1. The van der Waals surface area contributed by atoms with Crippen LogP contribution in [-0.4, -0.2) is 24.1 Å². The maximum Gasteiger partial charge on any atom is 0.415 e. The van der Waals surface area contributed by atoms with E-state index in [0.29, 0.717) is 18.8 Å². The van der Waals surface area contributed by atoms with E-state index in [0.717, 1.165) is 12.8 Å². The average Bonchev–Trinajstić information content (AvgIpc) is 3.37. The molecule has 28 heavy (non-hydrogen) atoms. The normalized spacial score (nSPS) is 20.1. The number of para-hydroxylation sites is 1. The van der Waals surface area contributed by atoms with Gasteiger partial charge in [-0.1, -0.05) is 48.5 Å². The van der Waals surface area contributed by atoms with Gasteiger partial charge < -0.3 is 14.4 Å². The topological polar surface area (TPSA) is 38.8 Å². The monoisotopic (exact) mass is 391 g/mol. The summed E-state index contributed by atoms with van der Waals surface area (Å²) in [4.78, 5) is 15.5. The van der Waals surface area contributed by atoms with Crippen molar-refractivity contribution in [3.05, 3.63) is 88.1 Å². The van der Waals surface area contributed by atoms with Crippen LogP contribution in [0, 0.1) is 0 Å². The molecule has 3 aromatic rings. The van der Waals surface area contributed by atoms with Gasteiger partial charge in [0.05, 0.1) is 5.60 Å². The number of piperidine rings is 1. The first-order chi connectivity index (χ1) is 13.8. The highest BCUT2D eigenvalue weighted by atomic mass is 32.1. The number of fused-ring (bicyclic) bond motifs is 2. The van der Waals surface area contributed by atoms with Crippen LogP contribution in [0.2, 0.25) is 0 Å². The third-order valence-corrected chi connectivity index (χ3v) is 6.57. The largest absolute Gasteiger partial charge is 0.415 e. The summed E-state index contributed by atoms with van der Waals surface area (Å²) in [6.07, 6.45) is 1.24. The van der Waals surface area contributed by atoms with Crippen LogP contribution in [-0.2, 0) is 10.3 Å². The first kappa shape index (κ1) is 17.5. The van der Waals surface area contributed by atoms with Crippen LogP contribution in [0.15, 0.2) is 72.1 Å². The molecule has 2 aliphatic rings. The van der Waals surface area contributed by atoms with Crippen molar-refractivity contribution in [2.24, 2.45) is 0 Å². The van der Waals surface area contributed by atoms with Crippen LogP contribution < -0.4 is 4.74 Å². The molecule has 1 unspecified atom stereocenters. The summed E-state index contributed by atoms with van der Waals surface area (Å²) >= 11 is 1.73. The maximum atomic E-state index is 12.5. The zero-order chi connectivity index (χ0) is 19.0. The summed E-state index contributed by atoms with van der Waals surface area (Å²) in [5.74, 6) is 0.577. The van der Waals surface area contributed by atoms with Crippen molar-refractivity contribution >= 4 is 17.4 Å². The van der Waals surface area contributed by atoms with Gasteiger partial charge in [0.2, 0.25) is 0 Å². The van der Waals surface area contributed by atoms with Crippen LogP contribution in [0.5, 0.6) is 5.75 Å². The molecule has 1 aromatic heterocycles. The van der Waals surface area contributed by atoms with Crippen molar-refractivity contribution in [3.8, 4) is 5.75 Å². The Labute approximate surface area is 168 Å². The van der Waals surface area contributed by atoms with Crippen LogP contribution in [0.25, 0.3) is 0 Å². The van der Waals surface area contributed by atoms with Gasteiger partial charge in [-0.3, -0.25) is 0 Å². The second-order valence-corrected chi connectivity index (χ2v) is 8.24. The minimum atomic E-state index is -0.325. The fourth-order valence-electron chi connectivity index (χ4n) is 4.24. The molecular weight excluding hydrogens is 370 g/mol. The van der Waals surface area contributed by atoms with E-state index in [1.807, 2.05) is 18.2 Å². The van der Waals surface area contributed by atoms with E-state index in [1.165, 1.54) is 16.0 Å².